The van der Waals surface area contributed by atoms with Crippen molar-refractivity contribution < 1.29 is 0 Å². The molecule has 0 aliphatic carbocycles. The van der Waals surface area contributed by atoms with Gasteiger partial charge in [0.1, 0.15) is 4.70 Å². The number of fused-ring (bicyclic) bond motifs is 1. The van der Waals surface area contributed by atoms with Crippen molar-refractivity contribution in [1.29, 1.82) is 0 Å². The van der Waals surface area contributed by atoms with Gasteiger partial charge in [0, 0.05) is 18.8 Å². The number of anilines is 1. The van der Waals surface area contributed by atoms with E-state index in [2.05, 4.69) is 22.0 Å². The molecule has 1 fully saturated rings. The molecule has 0 amide bonds. The second-order valence-electron chi connectivity index (χ2n) is 5.85. The van der Waals surface area contributed by atoms with Crippen molar-refractivity contribution in [1.82, 2.24) is 9.55 Å². The molecule has 2 aromatic heterocycles. The lowest BCUT2D eigenvalue weighted by Crippen LogP contribution is -2.34. The summed E-state index contributed by atoms with van der Waals surface area (Å²) in [6.45, 7) is 2.50. The van der Waals surface area contributed by atoms with Crippen LogP contribution in [0.5, 0.6) is 0 Å². The summed E-state index contributed by atoms with van der Waals surface area (Å²) in [6.07, 6.45) is 2.49. The van der Waals surface area contributed by atoms with Crippen molar-refractivity contribution in [2.75, 3.05) is 18.0 Å². The van der Waals surface area contributed by atoms with Crippen LogP contribution in [0.3, 0.4) is 0 Å². The first-order chi connectivity index (χ1) is 11.2. The minimum atomic E-state index is -0.357. The molecule has 1 saturated heterocycles. The number of H-pyrrole nitrogens is 1. The molecule has 0 saturated carbocycles. The fourth-order valence-electron chi connectivity index (χ4n) is 3.08. The zero-order valence-electron chi connectivity index (χ0n) is 12.6. The SMILES string of the molecule is O=c1[nH]c2ccsc2c(=O)n1Cc1ccc(N2CCCC2)cc1. The summed E-state index contributed by atoms with van der Waals surface area (Å²) in [5, 5.41) is 1.82. The van der Waals surface area contributed by atoms with Gasteiger partial charge in [-0.25, -0.2) is 4.79 Å². The molecule has 1 aromatic carbocycles. The number of benzene rings is 1. The summed E-state index contributed by atoms with van der Waals surface area (Å²) < 4.78 is 1.86. The fraction of sp³-hybridized carbons (Fsp3) is 0.294. The number of aromatic amines is 1. The Hall–Kier alpha value is -2.34. The van der Waals surface area contributed by atoms with Crippen LogP contribution in [0.25, 0.3) is 10.2 Å². The highest BCUT2D eigenvalue weighted by Crippen LogP contribution is 2.20. The Morgan fingerprint density at radius 2 is 1.78 bits per heavy atom. The molecular weight excluding hydrogens is 310 g/mol. The number of nitrogens with zero attached hydrogens (tertiary/aromatic N) is 2. The lowest BCUT2D eigenvalue weighted by Gasteiger charge is -2.17. The van der Waals surface area contributed by atoms with Crippen LogP contribution in [0.4, 0.5) is 5.69 Å². The lowest BCUT2D eigenvalue weighted by molar-refractivity contribution is 0.713. The van der Waals surface area contributed by atoms with Gasteiger partial charge in [0.05, 0.1) is 12.1 Å². The van der Waals surface area contributed by atoms with E-state index in [0.717, 1.165) is 18.7 Å². The largest absolute Gasteiger partial charge is 0.372 e. The van der Waals surface area contributed by atoms with Gasteiger partial charge < -0.3 is 9.88 Å². The third-order valence-electron chi connectivity index (χ3n) is 4.34. The Balaban J connectivity index is 1.65. The molecule has 0 atom stereocenters. The molecule has 0 spiro atoms. The molecule has 0 bridgehead atoms. The van der Waals surface area contributed by atoms with Crippen LogP contribution in [0, 0.1) is 0 Å². The van der Waals surface area contributed by atoms with Crippen LogP contribution in [0.1, 0.15) is 18.4 Å². The summed E-state index contributed by atoms with van der Waals surface area (Å²) in [6, 6.07) is 9.90. The molecule has 0 unspecified atom stereocenters. The van der Waals surface area contributed by atoms with E-state index in [1.807, 2.05) is 17.5 Å². The normalized spacial score (nSPS) is 14.7. The van der Waals surface area contributed by atoms with Crippen molar-refractivity contribution in [3.63, 3.8) is 0 Å². The van der Waals surface area contributed by atoms with Gasteiger partial charge in [-0.3, -0.25) is 9.36 Å². The van der Waals surface area contributed by atoms with E-state index in [0.29, 0.717) is 16.8 Å². The van der Waals surface area contributed by atoms with Crippen molar-refractivity contribution in [2.24, 2.45) is 0 Å². The van der Waals surface area contributed by atoms with Gasteiger partial charge in [-0.05, 0) is 42.0 Å². The van der Waals surface area contributed by atoms with Crippen LogP contribution < -0.4 is 16.1 Å². The van der Waals surface area contributed by atoms with Crippen LogP contribution in [-0.4, -0.2) is 22.6 Å². The second kappa shape index (κ2) is 5.70. The number of thiophene rings is 1. The zero-order chi connectivity index (χ0) is 15.8. The molecule has 1 aliphatic heterocycles. The van der Waals surface area contributed by atoms with Crippen LogP contribution in [-0.2, 0) is 6.54 Å². The van der Waals surface area contributed by atoms with Gasteiger partial charge in [-0.15, -0.1) is 11.3 Å². The average Bonchev–Trinajstić information content (AvgIpc) is 3.23. The van der Waals surface area contributed by atoms with Gasteiger partial charge >= 0.3 is 5.69 Å². The van der Waals surface area contributed by atoms with Gasteiger partial charge in [0.15, 0.2) is 0 Å². The lowest BCUT2D eigenvalue weighted by atomic mass is 10.2. The summed E-state index contributed by atoms with van der Waals surface area (Å²) in [5.41, 5.74) is 2.20. The monoisotopic (exact) mass is 327 g/mol. The third-order valence-corrected chi connectivity index (χ3v) is 5.24. The molecule has 3 heterocycles. The number of nitrogens with one attached hydrogen (secondary N) is 1. The van der Waals surface area contributed by atoms with E-state index >= 15 is 0 Å². The predicted molar refractivity (Wildman–Crippen MR) is 93.7 cm³/mol. The van der Waals surface area contributed by atoms with Gasteiger partial charge in [0.25, 0.3) is 5.56 Å². The smallest absolute Gasteiger partial charge is 0.329 e. The van der Waals surface area contributed by atoms with Crippen LogP contribution >= 0.6 is 11.3 Å². The zero-order valence-corrected chi connectivity index (χ0v) is 13.4. The molecule has 3 aromatic rings. The van der Waals surface area contributed by atoms with Crippen molar-refractivity contribution in [2.45, 2.75) is 19.4 Å². The molecule has 6 heteroatoms. The molecular formula is C17H17N3O2S. The van der Waals surface area contributed by atoms with Crippen molar-refractivity contribution in [3.05, 3.63) is 62.1 Å². The number of aromatic nitrogens is 2. The van der Waals surface area contributed by atoms with E-state index in [9.17, 15) is 9.59 Å². The minimum Gasteiger partial charge on any atom is -0.372 e. The summed E-state index contributed by atoms with van der Waals surface area (Å²) in [5.74, 6) is 0. The molecule has 118 valence electrons. The van der Waals surface area contributed by atoms with Crippen LogP contribution in [0.15, 0.2) is 45.3 Å². The summed E-state index contributed by atoms with van der Waals surface area (Å²) in [4.78, 5) is 29.7. The van der Waals surface area contributed by atoms with Gasteiger partial charge in [-0.1, -0.05) is 12.1 Å². The maximum absolute atomic E-state index is 12.4. The Labute approximate surface area is 136 Å². The highest BCUT2D eigenvalue weighted by molar-refractivity contribution is 7.17. The maximum atomic E-state index is 12.4. The van der Waals surface area contributed by atoms with E-state index < -0.39 is 0 Å². The first kappa shape index (κ1) is 14.3. The topological polar surface area (TPSA) is 58.1 Å². The molecule has 1 N–H and O–H groups in total. The summed E-state index contributed by atoms with van der Waals surface area (Å²) in [7, 11) is 0. The van der Waals surface area contributed by atoms with Crippen molar-refractivity contribution in [3.8, 4) is 0 Å². The number of hydrogen-bond acceptors (Lipinski definition) is 4. The van der Waals surface area contributed by atoms with E-state index in [1.165, 1.54) is 34.4 Å². The molecule has 4 rings (SSSR count). The minimum absolute atomic E-state index is 0.220. The quantitative estimate of drug-likeness (QED) is 0.804. The molecule has 1 aliphatic rings. The predicted octanol–water partition coefficient (Wildman–Crippen LogP) is 2.40. The van der Waals surface area contributed by atoms with Crippen LogP contribution in [0.2, 0.25) is 0 Å². The van der Waals surface area contributed by atoms with E-state index in [1.54, 1.807) is 6.07 Å². The van der Waals surface area contributed by atoms with Gasteiger partial charge in [0.2, 0.25) is 0 Å². The highest BCUT2D eigenvalue weighted by Gasteiger charge is 2.13. The maximum Gasteiger partial charge on any atom is 0.329 e. The fourth-order valence-corrected chi connectivity index (χ4v) is 3.88. The molecule has 23 heavy (non-hydrogen) atoms. The van der Waals surface area contributed by atoms with E-state index in [-0.39, 0.29) is 11.2 Å². The van der Waals surface area contributed by atoms with Gasteiger partial charge in [-0.2, -0.15) is 0 Å². The number of hydrogen-bond donors (Lipinski definition) is 1. The Bertz CT molecular complexity index is 946. The first-order valence-corrected chi connectivity index (χ1v) is 8.64. The third kappa shape index (κ3) is 2.59. The highest BCUT2D eigenvalue weighted by atomic mass is 32.1. The number of rotatable bonds is 3. The Morgan fingerprint density at radius 1 is 1.04 bits per heavy atom. The molecule has 0 radical (unpaired) electrons. The average molecular weight is 327 g/mol. The first-order valence-electron chi connectivity index (χ1n) is 7.76. The van der Waals surface area contributed by atoms with E-state index in [4.69, 9.17) is 0 Å². The standard InChI is InChI=1S/C17H17N3O2S/c21-16-15-14(7-10-23-15)18-17(22)20(16)11-12-3-5-13(6-4-12)19-8-1-2-9-19/h3-7,10H,1-2,8-9,11H2,(H,18,22). The van der Waals surface area contributed by atoms with Crippen molar-refractivity contribution >= 4 is 27.2 Å². The second-order valence-corrected chi connectivity index (χ2v) is 6.76. The Morgan fingerprint density at radius 3 is 2.52 bits per heavy atom. The molecule has 5 nitrogen and oxygen atoms in total. The summed E-state index contributed by atoms with van der Waals surface area (Å²) >= 11 is 1.36. The Kier molecular flexibility index (Phi) is 3.53.